The summed E-state index contributed by atoms with van der Waals surface area (Å²) in [5, 5.41) is 1.40. The van der Waals surface area contributed by atoms with Gasteiger partial charge in [-0.15, -0.1) is 0 Å². The smallest absolute Gasteiger partial charge is 0.275 e. The van der Waals surface area contributed by atoms with Gasteiger partial charge in [0.2, 0.25) is 5.88 Å². The number of benzene rings is 1. The molecule has 3 rings (SSSR count). The molecule has 0 aliphatic carbocycles. The number of hydrazine groups is 1. The maximum absolute atomic E-state index is 12.5. The van der Waals surface area contributed by atoms with Gasteiger partial charge < -0.3 is 4.74 Å². The van der Waals surface area contributed by atoms with Gasteiger partial charge in [0, 0.05) is 18.5 Å². The van der Waals surface area contributed by atoms with Crippen LogP contribution in [0.2, 0.25) is 0 Å². The van der Waals surface area contributed by atoms with Crippen LogP contribution in [-0.4, -0.2) is 27.1 Å². The molecule has 0 fully saturated rings. The molecule has 126 valence electrons. The van der Waals surface area contributed by atoms with Gasteiger partial charge in [0.1, 0.15) is 5.75 Å². The molecule has 0 unspecified atom stereocenters. The number of pyridine rings is 1. The summed E-state index contributed by atoms with van der Waals surface area (Å²) >= 11 is 1.32. The second kappa shape index (κ2) is 7.73. The van der Waals surface area contributed by atoms with E-state index in [1.165, 1.54) is 24.0 Å². The molecule has 0 spiro atoms. The van der Waals surface area contributed by atoms with Crippen molar-refractivity contribution in [1.29, 1.82) is 0 Å². The highest BCUT2D eigenvalue weighted by Gasteiger charge is 2.18. The minimum Gasteiger partial charge on any atom is -0.439 e. The molecule has 2 heterocycles. The van der Waals surface area contributed by atoms with Gasteiger partial charge in [0.25, 0.3) is 5.91 Å². The van der Waals surface area contributed by atoms with E-state index in [4.69, 9.17) is 10.6 Å². The Kier molecular flexibility index (Phi) is 5.22. The molecule has 3 aromatic rings. The molecule has 1 aromatic carbocycles. The Labute approximate surface area is 148 Å². The van der Waals surface area contributed by atoms with Crippen molar-refractivity contribution in [3.05, 3.63) is 66.5 Å². The van der Waals surface area contributed by atoms with Crippen LogP contribution in [0.4, 0.5) is 5.82 Å². The molecule has 0 saturated heterocycles. The molecule has 8 heteroatoms. The van der Waals surface area contributed by atoms with Gasteiger partial charge in [0.15, 0.2) is 11.0 Å². The zero-order valence-electron chi connectivity index (χ0n) is 13.4. The molecular weight excluding hydrogens is 338 g/mol. The van der Waals surface area contributed by atoms with E-state index in [2.05, 4.69) is 15.0 Å². The van der Waals surface area contributed by atoms with E-state index < -0.39 is 5.91 Å². The van der Waals surface area contributed by atoms with Crippen LogP contribution in [0.5, 0.6) is 11.6 Å². The number of nitrogens with two attached hydrogens (primary N) is 1. The third-order valence-electron chi connectivity index (χ3n) is 3.19. The van der Waals surface area contributed by atoms with Gasteiger partial charge in [-0.05, 0) is 30.5 Å². The average molecular weight is 353 g/mol. The first-order valence-electron chi connectivity index (χ1n) is 7.32. The van der Waals surface area contributed by atoms with Gasteiger partial charge in [-0.1, -0.05) is 30.0 Å². The molecule has 0 radical (unpaired) electrons. The summed E-state index contributed by atoms with van der Waals surface area (Å²) < 4.78 is 5.73. The monoisotopic (exact) mass is 353 g/mol. The third kappa shape index (κ3) is 4.11. The van der Waals surface area contributed by atoms with Crippen LogP contribution < -0.4 is 15.6 Å². The number of hydrogen-bond donors (Lipinski definition) is 1. The van der Waals surface area contributed by atoms with Gasteiger partial charge >= 0.3 is 0 Å². The molecule has 2 aromatic heterocycles. The number of ether oxygens (including phenoxy) is 1. The van der Waals surface area contributed by atoms with Crippen LogP contribution >= 0.6 is 11.8 Å². The van der Waals surface area contributed by atoms with Crippen molar-refractivity contribution in [1.82, 2.24) is 15.0 Å². The Bertz CT molecular complexity index is 861. The topological polar surface area (TPSA) is 94.2 Å². The first kappa shape index (κ1) is 16.9. The van der Waals surface area contributed by atoms with Crippen molar-refractivity contribution in [2.75, 3.05) is 11.3 Å². The maximum atomic E-state index is 12.5. The highest BCUT2D eigenvalue weighted by atomic mass is 32.2. The maximum Gasteiger partial charge on any atom is 0.275 e. The number of nitrogens with zero attached hydrogens (tertiary/aromatic N) is 4. The third-order valence-corrected chi connectivity index (χ3v) is 3.74. The van der Waals surface area contributed by atoms with E-state index in [-0.39, 0.29) is 5.82 Å². The lowest BCUT2D eigenvalue weighted by atomic mass is 10.2. The number of amides is 1. The Balaban J connectivity index is 1.90. The SMILES string of the molecule is CSc1nc(Oc2ccccc2)cc(N(N)C(=O)c2cccnc2)n1. The number of carbonyl (C=O) groups is 1. The predicted octanol–water partition coefficient (Wildman–Crippen LogP) is 2.91. The fraction of sp³-hybridized carbons (Fsp3) is 0.0588. The average Bonchev–Trinajstić information content (AvgIpc) is 2.68. The van der Waals surface area contributed by atoms with Gasteiger partial charge in [0.05, 0.1) is 5.56 Å². The molecule has 2 N–H and O–H groups in total. The number of anilines is 1. The Morgan fingerprint density at radius 2 is 1.96 bits per heavy atom. The number of aromatic nitrogens is 3. The summed E-state index contributed by atoms with van der Waals surface area (Å²) in [4.78, 5) is 24.9. The summed E-state index contributed by atoms with van der Waals surface area (Å²) in [5.74, 6) is 6.69. The summed E-state index contributed by atoms with van der Waals surface area (Å²) in [7, 11) is 0. The fourth-order valence-electron chi connectivity index (χ4n) is 2.00. The predicted molar refractivity (Wildman–Crippen MR) is 95.6 cm³/mol. The van der Waals surface area contributed by atoms with Crippen LogP contribution in [0.1, 0.15) is 10.4 Å². The van der Waals surface area contributed by atoms with Crippen LogP contribution in [0.3, 0.4) is 0 Å². The zero-order chi connectivity index (χ0) is 17.6. The van der Waals surface area contributed by atoms with Crippen LogP contribution in [0.25, 0.3) is 0 Å². The highest BCUT2D eigenvalue weighted by molar-refractivity contribution is 7.98. The standard InChI is InChI=1S/C17H15N5O2S/c1-25-17-20-14(22(18)16(23)12-6-5-9-19-11-12)10-15(21-17)24-13-7-3-2-4-8-13/h2-11H,18H2,1H3. The van der Waals surface area contributed by atoms with Crippen molar-refractivity contribution in [3.63, 3.8) is 0 Å². The second-order valence-corrected chi connectivity index (χ2v) is 5.66. The Morgan fingerprint density at radius 3 is 2.64 bits per heavy atom. The van der Waals surface area contributed by atoms with E-state index in [0.717, 1.165) is 5.01 Å². The summed E-state index contributed by atoms with van der Waals surface area (Å²) in [6.07, 6.45) is 4.86. The first-order chi connectivity index (χ1) is 12.2. The van der Waals surface area contributed by atoms with Crippen LogP contribution in [0, 0.1) is 0 Å². The molecule has 7 nitrogen and oxygen atoms in total. The molecular formula is C17H15N5O2S. The molecule has 0 aliphatic heterocycles. The van der Waals surface area contributed by atoms with E-state index >= 15 is 0 Å². The Hall–Kier alpha value is -2.97. The molecule has 1 amide bonds. The molecule has 0 aliphatic rings. The largest absolute Gasteiger partial charge is 0.439 e. The molecule has 0 saturated carbocycles. The number of thioether (sulfide) groups is 1. The van der Waals surface area contributed by atoms with Crippen molar-refractivity contribution in [3.8, 4) is 11.6 Å². The fourth-order valence-corrected chi connectivity index (χ4v) is 2.37. The van der Waals surface area contributed by atoms with E-state index in [9.17, 15) is 4.79 Å². The zero-order valence-corrected chi connectivity index (χ0v) is 14.2. The second-order valence-electron chi connectivity index (χ2n) is 4.88. The van der Waals surface area contributed by atoms with E-state index in [1.807, 2.05) is 36.6 Å². The lowest BCUT2D eigenvalue weighted by Crippen LogP contribution is -2.38. The van der Waals surface area contributed by atoms with E-state index in [0.29, 0.717) is 22.3 Å². The quantitative estimate of drug-likeness (QED) is 0.248. The number of para-hydroxylation sites is 1. The lowest BCUT2D eigenvalue weighted by Gasteiger charge is -2.17. The number of carbonyl (C=O) groups excluding carboxylic acids is 1. The summed E-state index contributed by atoms with van der Waals surface area (Å²) in [6, 6.07) is 14.0. The Morgan fingerprint density at radius 1 is 1.16 bits per heavy atom. The van der Waals surface area contributed by atoms with E-state index in [1.54, 1.807) is 18.3 Å². The molecule has 0 atom stereocenters. The number of hydrogen-bond acceptors (Lipinski definition) is 7. The molecule has 25 heavy (non-hydrogen) atoms. The molecule has 0 bridgehead atoms. The van der Waals surface area contributed by atoms with Crippen molar-refractivity contribution < 1.29 is 9.53 Å². The van der Waals surface area contributed by atoms with Crippen molar-refractivity contribution in [2.45, 2.75) is 5.16 Å². The highest BCUT2D eigenvalue weighted by Crippen LogP contribution is 2.25. The minimum atomic E-state index is -0.426. The van der Waals surface area contributed by atoms with Gasteiger partial charge in [-0.2, -0.15) is 4.98 Å². The summed E-state index contributed by atoms with van der Waals surface area (Å²) in [5.41, 5.74) is 0.361. The number of rotatable bonds is 5. The minimum absolute atomic E-state index is 0.235. The van der Waals surface area contributed by atoms with Crippen molar-refractivity contribution in [2.24, 2.45) is 5.84 Å². The normalized spacial score (nSPS) is 10.3. The van der Waals surface area contributed by atoms with Crippen molar-refractivity contribution >= 4 is 23.5 Å². The van der Waals surface area contributed by atoms with Crippen LogP contribution in [-0.2, 0) is 0 Å². The summed E-state index contributed by atoms with van der Waals surface area (Å²) in [6.45, 7) is 0. The lowest BCUT2D eigenvalue weighted by molar-refractivity contribution is 0.0985. The van der Waals surface area contributed by atoms with Crippen LogP contribution in [0.15, 0.2) is 66.1 Å². The van der Waals surface area contributed by atoms with Gasteiger partial charge in [-0.3, -0.25) is 9.78 Å². The van der Waals surface area contributed by atoms with Gasteiger partial charge in [-0.25, -0.2) is 15.8 Å². The first-order valence-corrected chi connectivity index (χ1v) is 8.55.